The first-order valence-electron chi connectivity index (χ1n) is 7.35. The number of hydrogen-bond donors (Lipinski definition) is 1. The van der Waals surface area contributed by atoms with Gasteiger partial charge in [0.1, 0.15) is 0 Å². The molecule has 0 aliphatic heterocycles. The van der Waals surface area contributed by atoms with Crippen LogP contribution in [-0.2, 0) is 4.74 Å². The Kier molecular flexibility index (Phi) is 9.70. The summed E-state index contributed by atoms with van der Waals surface area (Å²) in [5, 5.41) is 3.53. The molecule has 18 heavy (non-hydrogen) atoms. The number of nitrogens with zero attached hydrogens (tertiary/aromatic N) is 1. The van der Waals surface area contributed by atoms with Crippen LogP contribution in [0, 0.1) is 0 Å². The molecule has 0 bridgehead atoms. The standard InChI is InChI=1S/C15H34N2O/c1-14(2)17(12-13-18-6)11-9-7-8-10-16-15(3,4)5/h14,16H,7-13H2,1-6H3. The molecule has 0 aliphatic carbocycles. The third-order valence-electron chi connectivity index (χ3n) is 3.09. The Balaban J connectivity index is 3.55. The van der Waals surface area contributed by atoms with Crippen molar-refractivity contribution in [2.24, 2.45) is 0 Å². The molecule has 0 aromatic heterocycles. The number of ether oxygens (including phenoxy) is 1. The minimum Gasteiger partial charge on any atom is -0.383 e. The quantitative estimate of drug-likeness (QED) is 0.610. The normalized spacial score (nSPS) is 12.7. The van der Waals surface area contributed by atoms with Gasteiger partial charge in [-0.3, -0.25) is 4.90 Å². The van der Waals surface area contributed by atoms with Crippen LogP contribution >= 0.6 is 0 Å². The van der Waals surface area contributed by atoms with Crippen molar-refractivity contribution >= 4 is 0 Å². The zero-order chi connectivity index (χ0) is 14.0. The predicted molar refractivity (Wildman–Crippen MR) is 80.2 cm³/mol. The summed E-state index contributed by atoms with van der Waals surface area (Å²) in [4.78, 5) is 2.50. The van der Waals surface area contributed by atoms with Gasteiger partial charge in [-0.2, -0.15) is 0 Å². The van der Waals surface area contributed by atoms with Crippen molar-refractivity contribution < 1.29 is 4.74 Å². The van der Waals surface area contributed by atoms with Gasteiger partial charge in [0.25, 0.3) is 0 Å². The molecule has 0 rings (SSSR count). The number of rotatable bonds is 10. The van der Waals surface area contributed by atoms with E-state index in [-0.39, 0.29) is 5.54 Å². The molecule has 0 heterocycles. The fourth-order valence-electron chi connectivity index (χ4n) is 1.92. The second-order valence-corrected chi connectivity index (χ2v) is 6.36. The lowest BCUT2D eigenvalue weighted by Crippen LogP contribution is -2.36. The topological polar surface area (TPSA) is 24.5 Å². The molecular weight excluding hydrogens is 224 g/mol. The van der Waals surface area contributed by atoms with E-state index in [1.54, 1.807) is 7.11 Å². The van der Waals surface area contributed by atoms with Gasteiger partial charge in [-0.05, 0) is 60.5 Å². The van der Waals surface area contributed by atoms with Crippen molar-refractivity contribution in [3.8, 4) is 0 Å². The van der Waals surface area contributed by atoms with Crippen LogP contribution in [-0.4, -0.2) is 49.8 Å². The van der Waals surface area contributed by atoms with Gasteiger partial charge in [0.2, 0.25) is 0 Å². The molecule has 0 radical (unpaired) electrons. The van der Waals surface area contributed by atoms with E-state index >= 15 is 0 Å². The first kappa shape index (κ1) is 17.9. The van der Waals surface area contributed by atoms with Crippen LogP contribution in [0.5, 0.6) is 0 Å². The Morgan fingerprint density at radius 2 is 1.72 bits per heavy atom. The molecule has 0 fully saturated rings. The molecule has 0 atom stereocenters. The van der Waals surface area contributed by atoms with E-state index in [9.17, 15) is 0 Å². The molecule has 0 aliphatic rings. The van der Waals surface area contributed by atoms with E-state index in [1.807, 2.05) is 0 Å². The van der Waals surface area contributed by atoms with E-state index in [0.717, 1.165) is 19.7 Å². The fourth-order valence-corrected chi connectivity index (χ4v) is 1.92. The van der Waals surface area contributed by atoms with Crippen molar-refractivity contribution in [1.82, 2.24) is 10.2 Å². The summed E-state index contributed by atoms with van der Waals surface area (Å²) in [7, 11) is 1.77. The van der Waals surface area contributed by atoms with E-state index < -0.39 is 0 Å². The lowest BCUT2D eigenvalue weighted by Gasteiger charge is -2.26. The molecule has 0 spiro atoms. The zero-order valence-electron chi connectivity index (χ0n) is 13.4. The molecule has 3 nitrogen and oxygen atoms in total. The highest BCUT2D eigenvalue weighted by Crippen LogP contribution is 2.04. The summed E-state index contributed by atoms with van der Waals surface area (Å²) in [6, 6.07) is 0.618. The second-order valence-electron chi connectivity index (χ2n) is 6.36. The first-order valence-corrected chi connectivity index (χ1v) is 7.35. The molecular formula is C15H34N2O. The first-order chi connectivity index (χ1) is 8.37. The van der Waals surface area contributed by atoms with Crippen LogP contribution < -0.4 is 5.32 Å². The molecule has 3 heteroatoms. The van der Waals surface area contributed by atoms with E-state index in [1.165, 1.54) is 25.8 Å². The van der Waals surface area contributed by atoms with Crippen molar-refractivity contribution in [1.29, 1.82) is 0 Å². The van der Waals surface area contributed by atoms with Gasteiger partial charge in [0.15, 0.2) is 0 Å². The monoisotopic (exact) mass is 258 g/mol. The number of hydrogen-bond acceptors (Lipinski definition) is 3. The summed E-state index contributed by atoms with van der Waals surface area (Å²) < 4.78 is 5.15. The average Bonchev–Trinajstić information content (AvgIpc) is 2.25. The van der Waals surface area contributed by atoms with Crippen molar-refractivity contribution in [2.45, 2.75) is 65.5 Å². The van der Waals surface area contributed by atoms with Gasteiger partial charge in [0.05, 0.1) is 6.61 Å². The molecule has 110 valence electrons. The van der Waals surface area contributed by atoms with Crippen LogP contribution in [0.25, 0.3) is 0 Å². The lowest BCUT2D eigenvalue weighted by molar-refractivity contribution is 0.128. The number of methoxy groups -OCH3 is 1. The van der Waals surface area contributed by atoms with Crippen LogP contribution in [0.15, 0.2) is 0 Å². The smallest absolute Gasteiger partial charge is 0.0589 e. The highest BCUT2D eigenvalue weighted by Gasteiger charge is 2.09. The number of nitrogens with one attached hydrogen (secondary N) is 1. The second kappa shape index (κ2) is 9.76. The molecule has 0 unspecified atom stereocenters. The minimum atomic E-state index is 0.252. The maximum Gasteiger partial charge on any atom is 0.0589 e. The van der Waals surface area contributed by atoms with Gasteiger partial charge in [-0.15, -0.1) is 0 Å². The molecule has 0 saturated heterocycles. The molecule has 0 amide bonds. The third-order valence-corrected chi connectivity index (χ3v) is 3.09. The molecule has 1 N–H and O–H groups in total. The van der Waals surface area contributed by atoms with Crippen LogP contribution in [0.2, 0.25) is 0 Å². The minimum absolute atomic E-state index is 0.252. The Bertz CT molecular complexity index is 187. The van der Waals surface area contributed by atoms with Crippen molar-refractivity contribution in [3.05, 3.63) is 0 Å². The number of unbranched alkanes of at least 4 members (excludes halogenated alkanes) is 2. The summed E-state index contributed by atoms with van der Waals surface area (Å²) in [5.41, 5.74) is 0.252. The highest BCUT2D eigenvalue weighted by atomic mass is 16.5. The molecule has 0 saturated carbocycles. The van der Waals surface area contributed by atoms with Crippen LogP contribution in [0.3, 0.4) is 0 Å². The SMILES string of the molecule is COCCN(CCCCCNC(C)(C)C)C(C)C. The highest BCUT2D eigenvalue weighted by molar-refractivity contribution is 4.70. The fraction of sp³-hybridized carbons (Fsp3) is 1.00. The van der Waals surface area contributed by atoms with Gasteiger partial charge in [-0.1, -0.05) is 6.42 Å². The summed E-state index contributed by atoms with van der Waals surface area (Å²) in [5.74, 6) is 0. The molecule has 0 aromatic rings. The summed E-state index contributed by atoms with van der Waals surface area (Å²) in [6.45, 7) is 15.4. The Labute approximate surface area is 114 Å². The van der Waals surface area contributed by atoms with Gasteiger partial charge in [0, 0.05) is 25.2 Å². The Hall–Kier alpha value is -0.120. The Morgan fingerprint density at radius 1 is 1.06 bits per heavy atom. The van der Waals surface area contributed by atoms with Crippen molar-refractivity contribution in [3.63, 3.8) is 0 Å². The predicted octanol–water partition coefficient (Wildman–Crippen LogP) is 2.90. The maximum atomic E-state index is 5.15. The largest absolute Gasteiger partial charge is 0.383 e. The van der Waals surface area contributed by atoms with Crippen LogP contribution in [0.4, 0.5) is 0 Å². The zero-order valence-corrected chi connectivity index (χ0v) is 13.4. The van der Waals surface area contributed by atoms with E-state index in [2.05, 4.69) is 44.8 Å². The van der Waals surface area contributed by atoms with E-state index in [0.29, 0.717) is 6.04 Å². The maximum absolute atomic E-state index is 5.15. The average molecular weight is 258 g/mol. The van der Waals surface area contributed by atoms with Gasteiger partial charge in [-0.25, -0.2) is 0 Å². The molecule has 0 aromatic carbocycles. The Morgan fingerprint density at radius 3 is 2.22 bits per heavy atom. The van der Waals surface area contributed by atoms with Crippen molar-refractivity contribution in [2.75, 3.05) is 33.4 Å². The lowest BCUT2D eigenvalue weighted by atomic mass is 10.1. The third kappa shape index (κ3) is 11.0. The van der Waals surface area contributed by atoms with Crippen LogP contribution in [0.1, 0.15) is 53.9 Å². The van der Waals surface area contributed by atoms with Gasteiger partial charge < -0.3 is 10.1 Å². The van der Waals surface area contributed by atoms with E-state index in [4.69, 9.17) is 4.74 Å². The van der Waals surface area contributed by atoms with Gasteiger partial charge >= 0.3 is 0 Å². The summed E-state index contributed by atoms with van der Waals surface area (Å²) in [6.07, 6.45) is 3.86. The summed E-state index contributed by atoms with van der Waals surface area (Å²) >= 11 is 0.